The summed E-state index contributed by atoms with van der Waals surface area (Å²) in [7, 11) is 1.62. The average Bonchev–Trinajstić information content (AvgIpc) is 3.49. The van der Waals surface area contributed by atoms with Crippen molar-refractivity contribution in [3.8, 4) is 17.4 Å². The molecular formula is C21H20N6O3. The molecule has 152 valence electrons. The van der Waals surface area contributed by atoms with E-state index in [2.05, 4.69) is 30.6 Å². The molecule has 0 bridgehead atoms. The molecule has 1 amide bonds. The van der Waals surface area contributed by atoms with Gasteiger partial charge in [-0.05, 0) is 23.3 Å². The second kappa shape index (κ2) is 8.99. The zero-order valence-corrected chi connectivity index (χ0v) is 16.3. The third-order valence-corrected chi connectivity index (χ3v) is 4.55. The van der Waals surface area contributed by atoms with Crippen molar-refractivity contribution in [3.05, 3.63) is 77.9 Å². The van der Waals surface area contributed by atoms with Crippen molar-refractivity contribution in [3.63, 3.8) is 0 Å². The van der Waals surface area contributed by atoms with Crippen molar-refractivity contribution < 1.29 is 14.1 Å². The zero-order chi connectivity index (χ0) is 20.8. The predicted molar refractivity (Wildman–Crippen MR) is 107 cm³/mol. The quantitative estimate of drug-likeness (QED) is 0.463. The van der Waals surface area contributed by atoms with E-state index in [0.29, 0.717) is 24.0 Å². The minimum absolute atomic E-state index is 0.126. The molecule has 0 saturated heterocycles. The van der Waals surface area contributed by atoms with Gasteiger partial charge in [-0.3, -0.25) is 9.89 Å². The fraction of sp³-hybridized carbons (Fsp3) is 0.190. The Morgan fingerprint density at radius 2 is 1.90 bits per heavy atom. The molecule has 1 unspecified atom stereocenters. The van der Waals surface area contributed by atoms with Gasteiger partial charge in [0.25, 0.3) is 0 Å². The van der Waals surface area contributed by atoms with E-state index in [-0.39, 0.29) is 18.4 Å². The highest BCUT2D eigenvalue weighted by atomic mass is 16.5. The molecule has 2 aromatic carbocycles. The molecular weight excluding hydrogens is 384 g/mol. The number of rotatable bonds is 8. The summed E-state index contributed by atoms with van der Waals surface area (Å²) in [5.74, 6) is 1.72. The zero-order valence-electron chi connectivity index (χ0n) is 16.3. The highest BCUT2D eigenvalue weighted by molar-refractivity contribution is 5.77. The van der Waals surface area contributed by atoms with Crippen LogP contribution in [0.25, 0.3) is 11.6 Å². The molecule has 4 aromatic rings. The summed E-state index contributed by atoms with van der Waals surface area (Å²) in [6.45, 7) is 0. The van der Waals surface area contributed by atoms with Gasteiger partial charge in [0.2, 0.25) is 17.6 Å². The Morgan fingerprint density at radius 3 is 2.60 bits per heavy atom. The van der Waals surface area contributed by atoms with Crippen molar-refractivity contribution in [1.29, 1.82) is 0 Å². The average molecular weight is 404 g/mol. The Morgan fingerprint density at radius 1 is 1.13 bits per heavy atom. The molecule has 2 heterocycles. The van der Waals surface area contributed by atoms with E-state index in [0.717, 1.165) is 16.9 Å². The van der Waals surface area contributed by atoms with Crippen molar-refractivity contribution in [2.24, 2.45) is 0 Å². The van der Waals surface area contributed by atoms with E-state index in [1.807, 2.05) is 54.6 Å². The van der Waals surface area contributed by atoms with Gasteiger partial charge in [-0.2, -0.15) is 10.1 Å². The van der Waals surface area contributed by atoms with Crippen LogP contribution in [0.4, 0.5) is 0 Å². The number of amides is 1. The number of nitrogens with one attached hydrogen (secondary N) is 2. The number of hydrogen-bond acceptors (Lipinski definition) is 7. The second-order valence-electron chi connectivity index (χ2n) is 6.53. The van der Waals surface area contributed by atoms with Gasteiger partial charge in [0.1, 0.15) is 12.1 Å². The molecule has 0 saturated carbocycles. The lowest BCUT2D eigenvalue weighted by Crippen LogP contribution is -2.29. The molecule has 30 heavy (non-hydrogen) atoms. The lowest BCUT2D eigenvalue weighted by molar-refractivity contribution is -0.121. The van der Waals surface area contributed by atoms with Crippen molar-refractivity contribution >= 4 is 5.91 Å². The topological polar surface area (TPSA) is 119 Å². The van der Waals surface area contributed by atoms with Gasteiger partial charge in [-0.15, -0.1) is 0 Å². The maximum atomic E-state index is 12.7. The molecule has 0 fully saturated rings. The molecule has 9 nitrogen and oxygen atoms in total. The number of aromatic amines is 1. The highest BCUT2D eigenvalue weighted by Crippen LogP contribution is 2.24. The number of carbonyl (C=O) groups excluding carboxylic acids is 1. The number of carbonyl (C=O) groups is 1. The minimum Gasteiger partial charge on any atom is -0.497 e. The van der Waals surface area contributed by atoms with Crippen LogP contribution in [0, 0.1) is 0 Å². The van der Waals surface area contributed by atoms with E-state index in [9.17, 15) is 4.79 Å². The monoisotopic (exact) mass is 404 g/mol. The van der Waals surface area contributed by atoms with Crippen LogP contribution in [0.1, 0.15) is 29.5 Å². The number of nitrogens with zero attached hydrogens (tertiary/aromatic N) is 4. The number of hydrogen-bond donors (Lipinski definition) is 2. The lowest BCUT2D eigenvalue weighted by Gasteiger charge is -2.20. The Hall–Kier alpha value is -4.01. The first-order valence-corrected chi connectivity index (χ1v) is 9.39. The third kappa shape index (κ3) is 4.52. The fourth-order valence-electron chi connectivity index (χ4n) is 3.02. The number of H-pyrrole nitrogens is 1. The second-order valence-corrected chi connectivity index (χ2v) is 6.53. The fourth-order valence-corrected chi connectivity index (χ4v) is 3.02. The minimum atomic E-state index is -0.281. The number of aryl methyl sites for hydroxylation is 1. The molecule has 0 aliphatic rings. The first-order valence-electron chi connectivity index (χ1n) is 9.39. The smallest absolute Gasteiger partial charge is 0.239 e. The Bertz CT molecular complexity index is 1080. The normalized spacial score (nSPS) is 11.8. The first-order chi connectivity index (χ1) is 14.7. The van der Waals surface area contributed by atoms with Crippen molar-refractivity contribution in [2.45, 2.75) is 18.9 Å². The van der Waals surface area contributed by atoms with Gasteiger partial charge in [0.15, 0.2) is 5.82 Å². The van der Waals surface area contributed by atoms with E-state index in [4.69, 9.17) is 9.26 Å². The van der Waals surface area contributed by atoms with Gasteiger partial charge in [-0.1, -0.05) is 47.6 Å². The number of methoxy groups -OCH3 is 1. The Kier molecular flexibility index (Phi) is 5.79. The molecule has 9 heteroatoms. The predicted octanol–water partition coefficient (Wildman–Crippen LogP) is 2.70. The Balaban J connectivity index is 1.44. The summed E-state index contributed by atoms with van der Waals surface area (Å²) in [6.07, 6.45) is 1.89. The van der Waals surface area contributed by atoms with E-state index in [1.54, 1.807) is 7.11 Å². The molecule has 0 radical (unpaired) electrons. The van der Waals surface area contributed by atoms with Crippen LogP contribution in [0.3, 0.4) is 0 Å². The molecule has 2 aromatic heterocycles. The summed E-state index contributed by atoms with van der Waals surface area (Å²) in [5, 5.41) is 13.4. The molecule has 0 aliphatic carbocycles. The standard InChI is InChI=1S/C21H20N6O3/c1-29-16-9-7-15(8-10-16)19(14-5-3-2-4-6-14)24-17(28)11-12-18-25-21(27-30-18)20-22-13-23-26-20/h2-10,13,19H,11-12H2,1H3,(H,24,28)(H,22,23,26). The van der Waals surface area contributed by atoms with Crippen LogP contribution in [-0.2, 0) is 11.2 Å². The number of aromatic nitrogens is 5. The summed E-state index contributed by atoms with van der Waals surface area (Å²) in [6, 6.07) is 17.2. The van der Waals surface area contributed by atoms with E-state index >= 15 is 0 Å². The van der Waals surface area contributed by atoms with Gasteiger partial charge in [0, 0.05) is 12.8 Å². The first kappa shape index (κ1) is 19.3. The van der Waals surface area contributed by atoms with Crippen LogP contribution < -0.4 is 10.1 Å². The number of ether oxygens (including phenoxy) is 1. The summed E-state index contributed by atoms with van der Waals surface area (Å²) >= 11 is 0. The van der Waals surface area contributed by atoms with E-state index in [1.165, 1.54) is 6.33 Å². The molecule has 1 atom stereocenters. The number of benzene rings is 2. The summed E-state index contributed by atoms with van der Waals surface area (Å²) in [4.78, 5) is 20.9. The maximum Gasteiger partial charge on any atom is 0.239 e. The van der Waals surface area contributed by atoms with Gasteiger partial charge < -0.3 is 14.6 Å². The maximum absolute atomic E-state index is 12.7. The summed E-state index contributed by atoms with van der Waals surface area (Å²) < 4.78 is 10.4. The SMILES string of the molecule is COc1ccc(C(NC(=O)CCc2nc(-c3ncn[nH]3)no2)c2ccccc2)cc1. The van der Waals surface area contributed by atoms with Gasteiger partial charge >= 0.3 is 0 Å². The lowest BCUT2D eigenvalue weighted by atomic mass is 9.98. The largest absolute Gasteiger partial charge is 0.497 e. The van der Waals surface area contributed by atoms with Crippen molar-refractivity contribution in [2.75, 3.05) is 7.11 Å². The van der Waals surface area contributed by atoms with Crippen LogP contribution in [-0.4, -0.2) is 38.3 Å². The molecule has 0 aliphatic heterocycles. The van der Waals surface area contributed by atoms with Crippen LogP contribution in [0.5, 0.6) is 5.75 Å². The van der Waals surface area contributed by atoms with Crippen LogP contribution in [0.2, 0.25) is 0 Å². The third-order valence-electron chi connectivity index (χ3n) is 4.55. The van der Waals surface area contributed by atoms with Gasteiger partial charge in [0.05, 0.1) is 13.2 Å². The molecule has 0 spiro atoms. The molecule has 2 N–H and O–H groups in total. The Labute approximate surface area is 172 Å². The van der Waals surface area contributed by atoms with Crippen LogP contribution >= 0.6 is 0 Å². The highest BCUT2D eigenvalue weighted by Gasteiger charge is 2.18. The van der Waals surface area contributed by atoms with E-state index < -0.39 is 0 Å². The van der Waals surface area contributed by atoms with Crippen molar-refractivity contribution in [1.82, 2.24) is 30.6 Å². The molecule has 4 rings (SSSR count). The van der Waals surface area contributed by atoms with Crippen LogP contribution in [0.15, 0.2) is 65.4 Å². The summed E-state index contributed by atoms with van der Waals surface area (Å²) in [5.41, 5.74) is 1.95. The van der Waals surface area contributed by atoms with Gasteiger partial charge in [-0.25, -0.2) is 4.98 Å².